The van der Waals surface area contributed by atoms with Gasteiger partial charge in [0.15, 0.2) is 0 Å². The van der Waals surface area contributed by atoms with Gasteiger partial charge in [0.1, 0.15) is 0 Å². The van der Waals surface area contributed by atoms with E-state index >= 15 is 0 Å². The second-order valence-corrected chi connectivity index (χ2v) is 7.65. The summed E-state index contributed by atoms with van der Waals surface area (Å²) in [5, 5.41) is 9.81. The summed E-state index contributed by atoms with van der Waals surface area (Å²) in [7, 11) is 1.73. The fraction of sp³-hybridized carbons (Fsp3) is 1.00. The van der Waals surface area contributed by atoms with E-state index in [1.807, 2.05) is 0 Å². The van der Waals surface area contributed by atoms with Crippen LogP contribution in [0.4, 0.5) is 0 Å². The van der Waals surface area contributed by atoms with Gasteiger partial charge in [-0.25, -0.2) is 0 Å². The number of alkyl halides is 1. The van der Waals surface area contributed by atoms with E-state index < -0.39 is 0 Å². The number of hydrogen-bond donors (Lipinski definition) is 1. The SMILES string of the molecule is COC1CC(CC2CCCC(I)C2)CCC1O. The third kappa shape index (κ3) is 4.06. The highest BCUT2D eigenvalue weighted by atomic mass is 127. The average Bonchev–Trinajstić information content (AvgIpc) is 2.32. The lowest BCUT2D eigenvalue weighted by molar-refractivity contribution is -0.0535. The van der Waals surface area contributed by atoms with E-state index in [4.69, 9.17) is 4.74 Å². The molecule has 2 aliphatic rings. The molecule has 100 valence electrons. The van der Waals surface area contributed by atoms with Crippen molar-refractivity contribution in [2.75, 3.05) is 7.11 Å². The van der Waals surface area contributed by atoms with Gasteiger partial charge in [-0.15, -0.1) is 0 Å². The number of aliphatic hydroxyl groups excluding tert-OH is 1. The van der Waals surface area contributed by atoms with Crippen molar-refractivity contribution in [2.45, 2.75) is 67.5 Å². The fourth-order valence-electron chi connectivity index (χ4n) is 3.57. The van der Waals surface area contributed by atoms with Crippen LogP contribution in [0.3, 0.4) is 0 Å². The molecular formula is C14H25IO2. The molecule has 0 bridgehead atoms. The Morgan fingerprint density at radius 3 is 2.59 bits per heavy atom. The highest BCUT2D eigenvalue weighted by Gasteiger charge is 2.31. The number of rotatable bonds is 3. The normalized spacial score (nSPS) is 43.6. The molecule has 2 saturated carbocycles. The minimum absolute atomic E-state index is 0.0905. The lowest BCUT2D eigenvalue weighted by atomic mass is 9.76. The maximum absolute atomic E-state index is 9.81. The van der Waals surface area contributed by atoms with E-state index in [2.05, 4.69) is 22.6 Å². The largest absolute Gasteiger partial charge is 0.390 e. The summed E-state index contributed by atoms with van der Waals surface area (Å²) in [6.07, 6.45) is 10.1. The van der Waals surface area contributed by atoms with Crippen LogP contribution < -0.4 is 0 Å². The van der Waals surface area contributed by atoms with Gasteiger partial charge in [-0.1, -0.05) is 35.4 Å². The molecule has 0 radical (unpaired) electrons. The van der Waals surface area contributed by atoms with Gasteiger partial charge in [-0.3, -0.25) is 0 Å². The Morgan fingerprint density at radius 1 is 1.12 bits per heavy atom. The summed E-state index contributed by atoms with van der Waals surface area (Å²) >= 11 is 2.62. The highest BCUT2D eigenvalue weighted by Crippen LogP contribution is 2.37. The smallest absolute Gasteiger partial charge is 0.0832 e. The van der Waals surface area contributed by atoms with Crippen molar-refractivity contribution in [3.8, 4) is 0 Å². The Bertz CT molecular complexity index is 234. The molecule has 2 rings (SSSR count). The number of hydrogen-bond acceptors (Lipinski definition) is 2. The molecule has 17 heavy (non-hydrogen) atoms. The minimum Gasteiger partial charge on any atom is -0.390 e. The van der Waals surface area contributed by atoms with Crippen LogP contribution >= 0.6 is 22.6 Å². The van der Waals surface area contributed by atoms with Crippen LogP contribution in [-0.4, -0.2) is 28.3 Å². The molecule has 0 aliphatic heterocycles. The predicted octanol–water partition coefficient (Wildman–Crippen LogP) is 3.55. The summed E-state index contributed by atoms with van der Waals surface area (Å²) < 4.78 is 6.29. The van der Waals surface area contributed by atoms with Crippen molar-refractivity contribution in [3.05, 3.63) is 0 Å². The van der Waals surface area contributed by atoms with Crippen LogP contribution in [0.1, 0.15) is 51.4 Å². The summed E-state index contributed by atoms with van der Waals surface area (Å²) in [6, 6.07) is 0. The van der Waals surface area contributed by atoms with Crippen molar-refractivity contribution in [1.82, 2.24) is 0 Å². The molecular weight excluding hydrogens is 327 g/mol. The number of aliphatic hydroxyl groups is 1. The number of halogens is 1. The predicted molar refractivity (Wildman–Crippen MR) is 78.5 cm³/mol. The molecule has 0 aromatic heterocycles. The molecule has 0 aromatic rings. The Labute approximate surface area is 119 Å². The zero-order valence-corrected chi connectivity index (χ0v) is 12.9. The first-order valence-corrected chi connectivity index (χ1v) is 8.28. The van der Waals surface area contributed by atoms with Crippen molar-refractivity contribution in [2.24, 2.45) is 11.8 Å². The molecule has 5 unspecified atom stereocenters. The standard InChI is InChI=1S/C14H25IO2/c1-17-14-9-11(5-6-13(14)16)7-10-3-2-4-12(15)8-10/h10-14,16H,2-9H2,1H3. The van der Waals surface area contributed by atoms with Crippen LogP contribution in [0.2, 0.25) is 0 Å². The topological polar surface area (TPSA) is 29.5 Å². The minimum atomic E-state index is -0.222. The van der Waals surface area contributed by atoms with Gasteiger partial charge in [0.05, 0.1) is 12.2 Å². The second kappa shape index (κ2) is 6.71. The van der Waals surface area contributed by atoms with E-state index in [0.717, 1.165) is 28.6 Å². The lowest BCUT2D eigenvalue weighted by Gasteiger charge is -2.35. The molecule has 2 fully saturated rings. The first-order valence-electron chi connectivity index (χ1n) is 7.04. The van der Waals surface area contributed by atoms with E-state index in [-0.39, 0.29) is 12.2 Å². The summed E-state index contributed by atoms with van der Waals surface area (Å²) in [4.78, 5) is 0. The van der Waals surface area contributed by atoms with Crippen LogP contribution in [0.5, 0.6) is 0 Å². The first-order chi connectivity index (χ1) is 8.19. The molecule has 0 amide bonds. The van der Waals surface area contributed by atoms with E-state index in [1.165, 1.54) is 38.5 Å². The van der Waals surface area contributed by atoms with Crippen LogP contribution in [0, 0.1) is 11.8 Å². The van der Waals surface area contributed by atoms with E-state index in [9.17, 15) is 5.11 Å². The van der Waals surface area contributed by atoms with Gasteiger partial charge in [0.2, 0.25) is 0 Å². The summed E-state index contributed by atoms with van der Waals surface area (Å²) in [5.74, 6) is 1.72. The molecule has 1 N–H and O–H groups in total. The van der Waals surface area contributed by atoms with Gasteiger partial charge < -0.3 is 9.84 Å². The van der Waals surface area contributed by atoms with Crippen molar-refractivity contribution < 1.29 is 9.84 Å². The Kier molecular flexibility index (Phi) is 5.55. The maximum atomic E-state index is 9.81. The molecule has 0 spiro atoms. The molecule has 0 saturated heterocycles. The third-order valence-electron chi connectivity index (χ3n) is 4.55. The van der Waals surface area contributed by atoms with Crippen molar-refractivity contribution in [3.63, 3.8) is 0 Å². The first kappa shape index (κ1) is 14.1. The fourth-order valence-corrected chi connectivity index (χ4v) is 4.73. The van der Waals surface area contributed by atoms with Gasteiger partial charge in [0.25, 0.3) is 0 Å². The Morgan fingerprint density at radius 2 is 1.88 bits per heavy atom. The summed E-state index contributed by atoms with van der Waals surface area (Å²) in [5.41, 5.74) is 0. The van der Waals surface area contributed by atoms with Crippen molar-refractivity contribution >= 4 is 22.6 Å². The van der Waals surface area contributed by atoms with Gasteiger partial charge in [-0.05, 0) is 50.4 Å². The molecule has 0 aromatic carbocycles. The number of methoxy groups -OCH3 is 1. The van der Waals surface area contributed by atoms with Gasteiger partial charge in [-0.2, -0.15) is 0 Å². The molecule has 0 heterocycles. The van der Waals surface area contributed by atoms with Crippen LogP contribution in [-0.2, 0) is 4.74 Å². The molecule has 2 nitrogen and oxygen atoms in total. The van der Waals surface area contributed by atoms with Gasteiger partial charge in [0, 0.05) is 11.0 Å². The van der Waals surface area contributed by atoms with Crippen molar-refractivity contribution in [1.29, 1.82) is 0 Å². The number of ether oxygens (including phenoxy) is 1. The average molecular weight is 352 g/mol. The zero-order valence-electron chi connectivity index (χ0n) is 10.8. The lowest BCUT2D eigenvalue weighted by Crippen LogP contribution is -2.36. The highest BCUT2D eigenvalue weighted by molar-refractivity contribution is 14.1. The molecule has 2 aliphatic carbocycles. The maximum Gasteiger partial charge on any atom is 0.0832 e. The third-order valence-corrected chi connectivity index (χ3v) is 5.69. The van der Waals surface area contributed by atoms with Crippen LogP contribution in [0.25, 0.3) is 0 Å². The second-order valence-electron chi connectivity index (χ2n) is 5.89. The molecule has 5 atom stereocenters. The Hall–Kier alpha value is 0.650. The molecule has 3 heteroatoms. The van der Waals surface area contributed by atoms with E-state index in [1.54, 1.807) is 7.11 Å². The monoisotopic (exact) mass is 352 g/mol. The van der Waals surface area contributed by atoms with Gasteiger partial charge >= 0.3 is 0 Å². The Balaban J connectivity index is 1.78. The summed E-state index contributed by atoms with van der Waals surface area (Å²) in [6.45, 7) is 0. The van der Waals surface area contributed by atoms with Crippen LogP contribution in [0.15, 0.2) is 0 Å². The quantitative estimate of drug-likeness (QED) is 0.622. The zero-order chi connectivity index (χ0) is 12.3. The van der Waals surface area contributed by atoms with E-state index in [0.29, 0.717) is 0 Å².